The first-order valence-electron chi connectivity index (χ1n) is 14.2. The highest BCUT2D eigenvalue weighted by Gasteiger charge is 2.35. The van der Waals surface area contributed by atoms with Gasteiger partial charge < -0.3 is 20.5 Å². The van der Waals surface area contributed by atoms with E-state index in [4.69, 9.17) is 42.5 Å². The van der Waals surface area contributed by atoms with Crippen LogP contribution in [0.1, 0.15) is 58.9 Å². The number of fused-ring (bicyclic) bond motifs is 2. The van der Waals surface area contributed by atoms with Crippen LogP contribution in [0, 0.1) is 18.7 Å². The summed E-state index contributed by atoms with van der Waals surface area (Å²) in [5.74, 6) is 2.41. The number of nitrogens with one attached hydrogen (secondary N) is 1. The summed E-state index contributed by atoms with van der Waals surface area (Å²) in [5, 5.41) is 4.79. The Morgan fingerprint density at radius 3 is 2.48 bits per heavy atom. The average molecular weight is 642 g/mol. The monoisotopic (exact) mass is 640 g/mol. The molecule has 3 heterocycles. The molecule has 232 valence electrons. The number of halogens is 3. The van der Waals surface area contributed by atoms with Crippen LogP contribution in [0.15, 0.2) is 42.5 Å². The number of aromatic nitrogens is 2. The van der Waals surface area contributed by atoms with Gasteiger partial charge in [-0.15, -0.1) is 0 Å². The Morgan fingerprint density at radius 1 is 1.14 bits per heavy atom. The van der Waals surface area contributed by atoms with Gasteiger partial charge in [0, 0.05) is 46.2 Å². The fourth-order valence-corrected chi connectivity index (χ4v) is 5.56. The molecule has 0 saturated heterocycles. The Morgan fingerprint density at radius 2 is 1.86 bits per heavy atom. The summed E-state index contributed by atoms with van der Waals surface area (Å²) < 4.78 is 24.7. The van der Waals surface area contributed by atoms with E-state index >= 15 is 0 Å². The first-order chi connectivity index (χ1) is 21.1. The number of carbonyl (C=O) groups excluding carboxylic acids is 2. The fourth-order valence-electron chi connectivity index (χ4n) is 5.22. The van der Waals surface area contributed by atoms with E-state index in [-0.39, 0.29) is 11.4 Å². The molecule has 2 aliphatic rings. The van der Waals surface area contributed by atoms with Gasteiger partial charge in [-0.2, -0.15) is 0 Å². The van der Waals surface area contributed by atoms with Crippen LogP contribution in [-0.2, 0) is 4.79 Å². The molecule has 1 amide bonds. The van der Waals surface area contributed by atoms with Crippen LogP contribution in [0.5, 0.6) is 11.5 Å². The predicted molar refractivity (Wildman–Crippen MR) is 172 cm³/mol. The van der Waals surface area contributed by atoms with E-state index in [1.165, 1.54) is 24.5 Å². The Kier molecular flexibility index (Phi) is 11.1. The molecule has 1 aliphatic carbocycles. The third kappa shape index (κ3) is 7.46. The second kappa shape index (κ2) is 14.8. The minimum Gasteiger partial charge on any atom is -0.494 e. The molecule has 1 aliphatic heterocycles. The third-order valence-electron chi connectivity index (χ3n) is 7.61. The van der Waals surface area contributed by atoms with Crippen molar-refractivity contribution in [1.82, 2.24) is 15.3 Å². The number of benzene rings is 2. The topological polar surface area (TPSA) is 116 Å². The van der Waals surface area contributed by atoms with Crippen LogP contribution < -0.4 is 20.5 Å². The molecule has 6 rings (SSSR count). The van der Waals surface area contributed by atoms with Crippen molar-refractivity contribution in [2.45, 2.75) is 38.5 Å². The molecule has 0 bridgehead atoms. The zero-order valence-corrected chi connectivity index (χ0v) is 26.5. The minimum absolute atomic E-state index is 0.110. The molecule has 2 unspecified atom stereocenters. The molecule has 8 nitrogen and oxygen atoms in total. The molecule has 0 radical (unpaired) electrons. The molecule has 11 heteroatoms. The fraction of sp³-hybridized carbons (Fsp3) is 0.333. The van der Waals surface area contributed by atoms with Crippen molar-refractivity contribution in [3.05, 3.63) is 80.8 Å². The summed E-state index contributed by atoms with van der Waals surface area (Å²) in [4.78, 5) is 28.6. The number of pyridine rings is 2. The van der Waals surface area contributed by atoms with Crippen molar-refractivity contribution in [1.29, 1.82) is 0 Å². The molecule has 2 aromatic carbocycles. The largest absolute Gasteiger partial charge is 0.494 e. The van der Waals surface area contributed by atoms with Crippen molar-refractivity contribution < 1.29 is 23.5 Å². The lowest BCUT2D eigenvalue weighted by Gasteiger charge is -2.19. The van der Waals surface area contributed by atoms with Gasteiger partial charge in [0.15, 0.2) is 0 Å². The van der Waals surface area contributed by atoms with E-state index in [0.29, 0.717) is 40.7 Å². The molecule has 0 spiro atoms. The van der Waals surface area contributed by atoms with Crippen LogP contribution in [0.2, 0.25) is 10.0 Å². The van der Waals surface area contributed by atoms with E-state index < -0.39 is 5.82 Å². The number of likely N-dealkylation sites (N-methyl/N-ethyl adjacent to an activating group) is 1. The van der Waals surface area contributed by atoms with Crippen molar-refractivity contribution >= 4 is 46.8 Å². The van der Waals surface area contributed by atoms with E-state index in [9.17, 15) is 9.18 Å². The Hall–Kier alpha value is -3.79. The molecule has 3 N–H and O–H groups in total. The van der Waals surface area contributed by atoms with Crippen LogP contribution in [0.3, 0.4) is 0 Å². The second-order valence-corrected chi connectivity index (χ2v) is 11.6. The summed E-state index contributed by atoms with van der Waals surface area (Å²) in [6, 6.07) is 12.2. The molecule has 44 heavy (non-hydrogen) atoms. The molecule has 2 aromatic heterocycles. The van der Waals surface area contributed by atoms with Gasteiger partial charge in [-0.3, -0.25) is 9.59 Å². The second-order valence-electron chi connectivity index (χ2n) is 10.8. The van der Waals surface area contributed by atoms with Crippen LogP contribution >= 0.6 is 23.2 Å². The molecule has 4 aromatic rings. The SMILES string of the molecule is CNCC(c1cc2c(c(-c3ccc(F)c(Cl)c3)n1)OCC2C)C1CC1.COc1cc(C=O)cc2cc(Cl)c(C)nc12.NC=O. The summed E-state index contributed by atoms with van der Waals surface area (Å²) in [6.07, 6.45) is 3.54. The highest BCUT2D eigenvalue weighted by molar-refractivity contribution is 6.32. The zero-order valence-electron chi connectivity index (χ0n) is 25.0. The maximum atomic E-state index is 13.6. The molecule has 2 atom stereocenters. The quantitative estimate of drug-likeness (QED) is 0.212. The van der Waals surface area contributed by atoms with Gasteiger partial charge in [-0.1, -0.05) is 30.1 Å². The van der Waals surface area contributed by atoms with Crippen LogP contribution in [-0.4, -0.2) is 50.0 Å². The van der Waals surface area contributed by atoms with Gasteiger partial charge in [0.2, 0.25) is 6.41 Å². The van der Waals surface area contributed by atoms with E-state index in [1.54, 1.807) is 37.4 Å². The Labute approximate surface area is 266 Å². The summed E-state index contributed by atoms with van der Waals surface area (Å²) in [6.45, 7) is 5.56. The minimum atomic E-state index is -0.418. The maximum Gasteiger partial charge on any atom is 0.204 e. The van der Waals surface area contributed by atoms with Crippen molar-refractivity contribution in [3.8, 4) is 22.8 Å². The molecule has 1 fully saturated rings. The van der Waals surface area contributed by atoms with E-state index in [2.05, 4.69) is 29.0 Å². The molecule has 1 saturated carbocycles. The van der Waals surface area contributed by atoms with Crippen molar-refractivity contribution in [2.24, 2.45) is 11.7 Å². The number of methoxy groups -OCH3 is 1. The number of aryl methyl sites for hydroxylation is 1. The normalized spacial score (nSPS) is 15.6. The third-order valence-corrected chi connectivity index (χ3v) is 8.28. The lowest BCUT2D eigenvalue weighted by atomic mass is 9.93. The number of aldehydes is 1. The number of hydrogen-bond acceptors (Lipinski definition) is 7. The van der Waals surface area contributed by atoms with Crippen LogP contribution in [0.25, 0.3) is 22.2 Å². The Balaban J connectivity index is 0.000000200. The van der Waals surface area contributed by atoms with Gasteiger partial charge >= 0.3 is 0 Å². The van der Waals surface area contributed by atoms with Crippen LogP contribution in [0.4, 0.5) is 4.39 Å². The summed E-state index contributed by atoms with van der Waals surface area (Å²) in [7, 11) is 3.53. The summed E-state index contributed by atoms with van der Waals surface area (Å²) >= 11 is 12.0. The predicted octanol–water partition coefficient (Wildman–Crippen LogP) is 6.87. The number of nitrogens with two attached hydrogens (primary N) is 1. The molecular weight excluding hydrogens is 606 g/mol. The smallest absolute Gasteiger partial charge is 0.204 e. The molecular formula is C33H35Cl2FN4O4. The standard InChI is InChI=1S/C20H22ClFN2O.C12H10ClNO2.CH3NO/c1-11-10-25-20-14(11)8-18(15(9-23-2)12-3-4-12)24-19(20)13-5-6-17(22)16(21)7-13;1-7-10(13)5-9-3-8(6-15)4-11(16-2)12(9)14-7;2-1-3/h5-8,11-12,15,23H,3-4,9-10H2,1-2H3;3-6H,1-2H3;1H,(H2,2,3). The van der Waals surface area contributed by atoms with Gasteiger partial charge in [-0.25, -0.2) is 14.4 Å². The highest BCUT2D eigenvalue weighted by Crippen LogP contribution is 2.46. The van der Waals surface area contributed by atoms with Crippen molar-refractivity contribution in [3.63, 3.8) is 0 Å². The first kappa shape index (κ1) is 33.1. The number of hydrogen-bond donors (Lipinski definition) is 2. The number of primary amides is 1. The average Bonchev–Trinajstić information content (AvgIpc) is 3.79. The van der Waals surface area contributed by atoms with Gasteiger partial charge in [0.05, 0.1) is 29.5 Å². The number of rotatable bonds is 7. The zero-order chi connectivity index (χ0) is 32.0. The van der Waals surface area contributed by atoms with E-state index in [1.807, 2.05) is 14.0 Å². The number of carbonyl (C=O) groups is 2. The number of amides is 1. The Bertz CT molecular complexity index is 1670. The number of ether oxygens (including phenoxy) is 2. The number of nitrogens with zero attached hydrogens (tertiary/aromatic N) is 2. The summed E-state index contributed by atoms with van der Waals surface area (Å²) in [5.41, 5.74) is 10.1. The van der Waals surface area contributed by atoms with Gasteiger partial charge in [-0.05, 0) is 75.2 Å². The van der Waals surface area contributed by atoms with E-state index in [0.717, 1.165) is 52.1 Å². The first-order valence-corrected chi connectivity index (χ1v) is 14.9. The van der Waals surface area contributed by atoms with Gasteiger partial charge in [0.1, 0.15) is 34.8 Å². The lowest BCUT2D eigenvalue weighted by molar-refractivity contribution is -0.106. The van der Waals surface area contributed by atoms with Crippen molar-refractivity contribution in [2.75, 3.05) is 27.3 Å². The highest BCUT2D eigenvalue weighted by atomic mass is 35.5. The lowest BCUT2D eigenvalue weighted by Crippen LogP contribution is -2.20. The maximum absolute atomic E-state index is 13.6. The van der Waals surface area contributed by atoms with Gasteiger partial charge in [0.25, 0.3) is 0 Å².